The van der Waals surface area contributed by atoms with Crippen molar-refractivity contribution in [1.82, 2.24) is 4.90 Å². The van der Waals surface area contributed by atoms with Gasteiger partial charge in [0, 0.05) is 12.5 Å². The van der Waals surface area contributed by atoms with E-state index >= 15 is 0 Å². The van der Waals surface area contributed by atoms with E-state index in [9.17, 15) is 29.3 Å². The van der Waals surface area contributed by atoms with Crippen molar-refractivity contribution in [2.24, 2.45) is 0 Å². The van der Waals surface area contributed by atoms with Crippen LogP contribution in [-0.4, -0.2) is 39.2 Å². The van der Waals surface area contributed by atoms with Gasteiger partial charge in [0.05, 0.1) is 22.9 Å². The van der Waals surface area contributed by atoms with Gasteiger partial charge < -0.3 is 0 Å². The van der Waals surface area contributed by atoms with Crippen molar-refractivity contribution >= 4 is 29.1 Å². The maximum absolute atomic E-state index is 12.4. The molecule has 1 aliphatic heterocycles. The molecule has 1 heterocycles. The predicted molar refractivity (Wildman–Crippen MR) is 71.2 cm³/mol. The van der Waals surface area contributed by atoms with Gasteiger partial charge in [0.1, 0.15) is 11.3 Å². The molecule has 1 unspecified atom stereocenters. The third-order valence-corrected chi connectivity index (χ3v) is 3.87. The van der Waals surface area contributed by atoms with E-state index in [1.807, 2.05) is 0 Å². The molecule has 3 rings (SSSR count). The Kier molecular flexibility index (Phi) is 3.09. The fourth-order valence-corrected chi connectivity index (χ4v) is 2.85. The second-order valence-electron chi connectivity index (χ2n) is 5.17. The summed E-state index contributed by atoms with van der Waals surface area (Å²) in [6.07, 6.45) is -0.150. The van der Waals surface area contributed by atoms with Gasteiger partial charge in [0.2, 0.25) is 0 Å². The summed E-state index contributed by atoms with van der Waals surface area (Å²) in [5, 5.41) is 11.0. The van der Waals surface area contributed by atoms with E-state index < -0.39 is 34.3 Å². The topological polar surface area (TPSA) is 115 Å². The fourth-order valence-electron chi connectivity index (χ4n) is 2.85. The van der Waals surface area contributed by atoms with Crippen LogP contribution in [0, 0.1) is 10.1 Å². The normalized spacial score (nSPS) is 21.3. The van der Waals surface area contributed by atoms with Crippen LogP contribution in [0.2, 0.25) is 0 Å². The van der Waals surface area contributed by atoms with Crippen LogP contribution in [0.5, 0.6) is 0 Å². The van der Waals surface area contributed by atoms with E-state index in [0.29, 0.717) is 0 Å². The summed E-state index contributed by atoms with van der Waals surface area (Å²) >= 11 is 0. The molecule has 8 heteroatoms. The van der Waals surface area contributed by atoms with Crippen molar-refractivity contribution in [2.75, 3.05) is 0 Å². The number of carbonyl (C=O) groups is 4. The molecule has 0 aromatic heterocycles. The molecule has 0 bridgehead atoms. The first-order valence-electron chi connectivity index (χ1n) is 6.61. The van der Waals surface area contributed by atoms with Crippen LogP contribution in [-0.2, 0) is 9.59 Å². The quantitative estimate of drug-likeness (QED) is 0.346. The Morgan fingerprint density at radius 3 is 2.50 bits per heavy atom. The number of ketones is 2. The van der Waals surface area contributed by atoms with Gasteiger partial charge in [0.25, 0.3) is 17.5 Å². The molecule has 2 amide bonds. The van der Waals surface area contributed by atoms with Crippen LogP contribution < -0.4 is 0 Å². The number of Topliss-reactive ketones (excluding diaryl/α,β-unsaturated/α-hetero) is 2. The van der Waals surface area contributed by atoms with E-state index in [-0.39, 0.29) is 36.2 Å². The molecule has 1 aromatic carbocycles. The SMILES string of the molecule is O=C1CCC(N2C(=O)c3cccc([N+](=O)[O-])c3C2=O)C(=O)C1. The highest BCUT2D eigenvalue weighted by Gasteiger charge is 2.47. The van der Waals surface area contributed by atoms with Gasteiger partial charge in [-0.1, -0.05) is 6.07 Å². The fraction of sp³-hybridized carbons (Fsp3) is 0.286. The number of hydrogen-bond donors (Lipinski definition) is 0. The third-order valence-electron chi connectivity index (χ3n) is 3.87. The van der Waals surface area contributed by atoms with Gasteiger partial charge in [-0.2, -0.15) is 0 Å². The first kappa shape index (κ1) is 14.1. The number of hydrogen-bond acceptors (Lipinski definition) is 6. The average molecular weight is 302 g/mol. The number of nitro benzene ring substituents is 1. The number of carbonyl (C=O) groups excluding carboxylic acids is 4. The number of nitrogens with zero attached hydrogens (tertiary/aromatic N) is 2. The first-order chi connectivity index (χ1) is 10.4. The predicted octanol–water partition coefficient (Wildman–Crippen LogP) is 0.881. The Labute approximate surface area is 123 Å². The minimum Gasteiger partial charge on any atom is -0.299 e. The number of rotatable bonds is 2. The Morgan fingerprint density at radius 1 is 1.14 bits per heavy atom. The lowest BCUT2D eigenvalue weighted by Crippen LogP contribution is -2.47. The Bertz CT molecular complexity index is 754. The minimum absolute atomic E-state index is 0.0664. The highest BCUT2D eigenvalue weighted by molar-refractivity contribution is 6.25. The molecule has 1 aliphatic carbocycles. The van der Waals surface area contributed by atoms with Crippen molar-refractivity contribution in [3.05, 3.63) is 39.4 Å². The molecule has 0 spiro atoms. The van der Waals surface area contributed by atoms with Gasteiger partial charge >= 0.3 is 0 Å². The molecule has 1 fully saturated rings. The van der Waals surface area contributed by atoms with Crippen molar-refractivity contribution < 1.29 is 24.1 Å². The molecule has 0 N–H and O–H groups in total. The first-order valence-corrected chi connectivity index (χ1v) is 6.61. The summed E-state index contributed by atoms with van der Waals surface area (Å²) in [7, 11) is 0. The monoisotopic (exact) mass is 302 g/mol. The maximum Gasteiger partial charge on any atom is 0.282 e. The summed E-state index contributed by atoms with van der Waals surface area (Å²) in [5.74, 6) is -2.31. The zero-order valence-corrected chi connectivity index (χ0v) is 11.3. The molecule has 1 aromatic rings. The minimum atomic E-state index is -1.02. The van der Waals surface area contributed by atoms with Crippen LogP contribution in [0.25, 0.3) is 0 Å². The zero-order chi connectivity index (χ0) is 16.0. The van der Waals surface area contributed by atoms with Crippen molar-refractivity contribution in [3.63, 3.8) is 0 Å². The molecule has 8 nitrogen and oxygen atoms in total. The van der Waals surface area contributed by atoms with Gasteiger partial charge in [0.15, 0.2) is 5.78 Å². The van der Waals surface area contributed by atoms with Crippen LogP contribution in [0.3, 0.4) is 0 Å². The number of fused-ring (bicyclic) bond motifs is 1. The molecule has 0 saturated heterocycles. The molecular weight excluding hydrogens is 292 g/mol. The van der Waals surface area contributed by atoms with E-state index in [1.165, 1.54) is 12.1 Å². The summed E-state index contributed by atoms with van der Waals surface area (Å²) < 4.78 is 0. The molecule has 1 saturated carbocycles. The van der Waals surface area contributed by atoms with Crippen LogP contribution in [0.15, 0.2) is 18.2 Å². The van der Waals surface area contributed by atoms with Crippen LogP contribution in [0.1, 0.15) is 40.0 Å². The Morgan fingerprint density at radius 2 is 1.86 bits per heavy atom. The van der Waals surface area contributed by atoms with Gasteiger partial charge in [-0.05, 0) is 12.5 Å². The summed E-state index contributed by atoms with van der Waals surface area (Å²) in [6, 6.07) is 2.75. The molecule has 1 atom stereocenters. The number of amides is 2. The van der Waals surface area contributed by atoms with Gasteiger partial charge in [-0.15, -0.1) is 0 Å². The molecule has 2 aliphatic rings. The lowest BCUT2D eigenvalue weighted by molar-refractivity contribution is -0.385. The highest BCUT2D eigenvalue weighted by atomic mass is 16.6. The lowest BCUT2D eigenvalue weighted by Gasteiger charge is -2.27. The molecule has 22 heavy (non-hydrogen) atoms. The Balaban J connectivity index is 2.04. The number of imide groups is 1. The van der Waals surface area contributed by atoms with Gasteiger partial charge in [-0.25, -0.2) is 0 Å². The lowest BCUT2D eigenvalue weighted by atomic mass is 9.92. The second kappa shape index (κ2) is 4.83. The molecule has 0 radical (unpaired) electrons. The van der Waals surface area contributed by atoms with Crippen LogP contribution in [0.4, 0.5) is 5.69 Å². The van der Waals surface area contributed by atoms with E-state index in [4.69, 9.17) is 0 Å². The summed E-state index contributed by atoms with van der Waals surface area (Å²) in [6.45, 7) is 0. The maximum atomic E-state index is 12.4. The standard InChI is InChI=1S/C14H10N2O6/c17-7-4-5-9(11(18)6-7)15-13(19)8-2-1-3-10(16(21)22)12(8)14(15)20/h1-3,9H,4-6H2. The number of nitro groups is 1. The van der Waals surface area contributed by atoms with Gasteiger partial charge in [-0.3, -0.25) is 34.2 Å². The second-order valence-corrected chi connectivity index (χ2v) is 5.17. The average Bonchev–Trinajstić information content (AvgIpc) is 2.72. The van der Waals surface area contributed by atoms with Crippen molar-refractivity contribution in [3.8, 4) is 0 Å². The van der Waals surface area contributed by atoms with Crippen LogP contribution >= 0.6 is 0 Å². The molecule has 112 valence electrons. The largest absolute Gasteiger partial charge is 0.299 e. The Hall–Kier alpha value is -2.90. The smallest absolute Gasteiger partial charge is 0.282 e. The molecular formula is C14H10N2O6. The third kappa shape index (κ3) is 1.92. The highest BCUT2D eigenvalue weighted by Crippen LogP contribution is 2.33. The van der Waals surface area contributed by atoms with E-state index in [1.54, 1.807) is 0 Å². The van der Waals surface area contributed by atoms with E-state index in [0.717, 1.165) is 11.0 Å². The summed E-state index contributed by atoms with van der Waals surface area (Å²) in [5.41, 5.74) is -0.830. The van der Waals surface area contributed by atoms with Crippen molar-refractivity contribution in [2.45, 2.75) is 25.3 Å². The van der Waals surface area contributed by atoms with E-state index in [2.05, 4.69) is 0 Å². The summed E-state index contributed by atoms with van der Waals surface area (Å²) in [4.78, 5) is 59.0. The number of benzene rings is 1. The zero-order valence-electron chi connectivity index (χ0n) is 11.3. The van der Waals surface area contributed by atoms with Crippen molar-refractivity contribution in [1.29, 1.82) is 0 Å².